The van der Waals surface area contributed by atoms with Crippen molar-refractivity contribution in [3.8, 4) is 5.75 Å². The van der Waals surface area contributed by atoms with E-state index in [0.717, 1.165) is 22.6 Å². The lowest BCUT2D eigenvalue weighted by Gasteiger charge is -2.24. The Labute approximate surface area is 138 Å². The average molecular weight is 321 g/mol. The van der Waals surface area contributed by atoms with Gasteiger partial charge in [-0.25, -0.2) is 0 Å². The molecule has 1 aromatic rings. The fourth-order valence-corrected chi connectivity index (χ4v) is 3.18. The molecule has 3 nitrogen and oxygen atoms in total. The van der Waals surface area contributed by atoms with Crippen LogP contribution in [0, 0.1) is 6.92 Å². The van der Waals surface area contributed by atoms with Crippen LogP contribution in [0.15, 0.2) is 30.4 Å². The molecule has 0 spiro atoms. The minimum absolute atomic E-state index is 0.0791. The Bertz CT molecular complexity index is 528. The van der Waals surface area contributed by atoms with Crippen LogP contribution in [0.25, 0.3) is 0 Å². The number of methoxy groups -OCH3 is 1. The maximum absolute atomic E-state index is 12.5. The lowest BCUT2D eigenvalue weighted by atomic mass is 10.1. The lowest BCUT2D eigenvalue weighted by Crippen LogP contribution is -2.37. The second-order valence-corrected chi connectivity index (χ2v) is 6.91. The summed E-state index contributed by atoms with van der Waals surface area (Å²) in [5.74, 6) is 1.82. The van der Waals surface area contributed by atoms with Crippen LogP contribution in [0.4, 0.5) is 0 Å². The van der Waals surface area contributed by atoms with Crippen molar-refractivity contribution in [1.29, 1.82) is 0 Å². The fourth-order valence-electron chi connectivity index (χ4n) is 2.23. The Morgan fingerprint density at radius 3 is 2.68 bits per heavy atom. The van der Waals surface area contributed by atoms with Gasteiger partial charge in [0.25, 0.3) is 0 Å². The maximum Gasteiger partial charge on any atom is 0.235 e. The van der Waals surface area contributed by atoms with Gasteiger partial charge in [0.05, 0.1) is 12.4 Å². The molecular formula is C18H27NO2S. The van der Waals surface area contributed by atoms with Crippen molar-refractivity contribution >= 4 is 17.7 Å². The van der Waals surface area contributed by atoms with Gasteiger partial charge >= 0.3 is 0 Å². The molecule has 0 saturated heterocycles. The van der Waals surface area contributed by atoms with Crippen molar-refractivity contribution in [2.24, 2.45) is 0 Å². The Morgan fingerprint density at radius 1 is 1.45 bits per heavy atom. The van der Waals surface area contributed by atoms with Crippen molar-refractivity contribution in [3.63, 3.8) is 0 Å². The quantitative estimate of drug-likeness (QED) is 0.677. The Kier molecular flexibility index (Phi) is 7.52. The van der Waals surface area contributed by atoms with Crippen LogP contribution < -0.4 is 4.74 Å². The second-order valence-electron chi connectivity index (χ2n) is 5.58. The molecule has 0 aliphatic rings. The molecule has 122 valence electrons. The van der Waals surface area contributed by atoms with Crippen molar-refractivity contribution in [2.45, 2.75) is 38.7 Å². The summed E-state index contributed by atoms with van der Waals surface area (Å²) in [5.41, 5.74) is 3.34. The third-order valence-corrected chi connectivity index (χ3v) is 4.61. The average Bonchev–Trinajstić information content (AvgIpc) is 2.49. The van der Waals surface area contributed by atoms with Gasteiger partial charge in [-0.3, -0.25) is 4.79 Å². The topological polar surface area (TPSA) is 29.5 Å². The molecule has 1 rings (SSSR count). The molecule has 22 heavy (non-hydrogen) atoms. The highest BCUT2D eigenvalue weighted by molar-refractivity contribution is 7.99. The van der Waals surface area contributed by atoms with Gasteiger partial charge in [-0.1, -0.05) is 29.8 Å². The summed E-state index contributed by atoms with van der Waals surface area (Å²) in [4.78, 5) is 14.3. The number of hydrogen-bond acceptors (Lipinski definition) is 3. The number of ether oxygens (including phenoxy) is 1. The van der Waals surface area contributed by atoms with E-state index >= 15 is 0 Å². The molecule has 0 fully saturated rings. The number of nitrogens with zero attached hydrogens (tertiary/aromatic N) is 1. The first-order valence-electron chi connectivity index (χ1n) is 7.57. The summed E-state index contributed by atoms with van der Waals surface area (Å²) in [5, 5.41) is -0.0791. The highest BCUT2D eigenvalue weighted by atomic mass is 32.2. The molecule has 1 aromatic carbocycles. The van der Waals surface area contributed by atoms with E-state index in [1.807, 2.05) is 37.8 Å². The summed E-state index contributed by atoms with van der Waals surface area (Å²) < 4.78 is 5.39. The van der Waals surface area contributed by atoms with E-state index < -0.39 is 0 Å². The molecule has 0 bridgehead atoms. The molecule has 1 unspecified atom stereocenters. The zero-order valence-electron chi connectivity index (χ0n) is 14.3. The molecule has 0 N–H and O–H groups in total. The number of likely N-dealkylation sites (N-methyl/N-ethyl adjacent to an activating group) is 1. The van der Waals surface area contributed by atoms with Crippen LogP contribution in [-0.4, -0.2) is 36.3 Å². The van der Waals surface area contributed by atoms with E-state index in [0.29, 0.717) is 13.1 Å². The van der Waals surface area contributed by atoms with Gasteiger partial charge in [-0.05, 0) is 33.8 Å². The van der Waals surface area contributed by atoms with E-state index in [1.165, 1.54) is 5.56 Å². The molecule has 1 atom stereocenters. The van der Waals surface area contributed by atoms with E-state index in [2.05, 4.69) is 19.6 Å². The van der Waals surface area contributed by atoms with Crippen LogP contribution in [0.5, 0.6) is 5.75 Å². The SMILES string of the molecule is C=C(C)CN(CC)C(=O)C(C)SCc1cc(C)ccc1OC. The first kappa shape index (κ1) is 18.6. The molecule has 4 heteroatoms. The molecule has 0 aromatic heterocycles. The van der Waals surface area contributed by atoms with Crippen molar-refractivity contribution < 1.29 is 9.53 Å². The van der Waals surface area contributed by atoms with Gasteiger partial charge in [0, 0.05) is 24.4 Å². The zero-order chi connectivity index (χ0) is 16.7. The van der Waals surface area contributed by atoms with Gasteiger partial charge in [-0.15, -0.1) is 11.8 Å². The smallest absolute Gasteiger partial charge is 0.235 e. The molecule has 0 radical (unpaired) electrons. The van der Waals surface area contributed by atoms with Crippen LogP contribution in [-0.2, 0) is 10.5 Å². The maximum atomic E-state index is 12.5. The Balaban J connectivity index is 2.69. The molecule has 1 amide bonds. The van der Waals surface area contributed by atoms with Crippen molar-refractivity contribution in [2.75, 3.05) is 20.2 Å². The number of aryl methyl sites for hydroxylation is 1. The largest absolute Gasteiger partial charge is 0.496 e. The summed E-state index contributed by atoms with van der Waals surface area (Å²) in [6.45, 7) is 13.2. The molecule has 0 aliphatic heterocycles. The summed E-state index contributed by atoms with van der Waals surface area (Å²) in [6, 6.07) is 6.14. The molecule has 0 heterocycles. The minimum Gasteiger partial charge on any atom is -0.496 e. The summed E-state index contributed by atoms with van der Waals surface area (Å²) in [6.07, 6.45) is 0. The number of rotatable bonds is 8. The number of carbonyl (C=O) groups is 1. The van der Waals surface area contributed by atoms with Gasteiger partial charge < -0.3 is 9.64 Å². The summed E-state index contributed by atoms with van der Waals surface area (Å²) in [7, 11) is 1.68. The first-order chi connectivity index (χ1) is 10.4. The highest BCUT2D eigenvalue weighted by Crippen LogP contribution is 2.27. The zero-order valence-corrected chi connectivity index (χ0v) is 15.1. The summed E-state index contributed by atoms with van der Waals surface area (Å²) >= 11 is 1.65. The lowest BCUT2D eigenvalue weighted by molar-refractivity contribution is -0.129. The third kappa shape index (κ3) is 5.41. The van der Waals surface area contributed by atoms with E-state index in [-0.39, 0.29) is 11.2 Å². The van der Waals surface area contributed by atoms with E-state index in [9.17, 15) is 4.79 Å². The van der Waals surface area contributed by atoms with Gasteiger partial charge in [-0.2, -0.15) is 0 Å². The normalized spacial score (nSPS) is 11.9. The molecular weight excluding hydrogens is 294 g/mol. The number of hydrogen-bond donors (Lipinski definition) is 0. The van der Waals surface area contributed by atoms with Crippen molar-refractivity contribution in [3.05, 3.63) is 41.5 Å². The number of amides is 1. The third-order valence-electron chi connectivity index (χ3n) is 3.43. The first-order valence-corrected chi connectivity index (χ1v) is 8.62. The Morgan fingerprint density at radius 2 is 2.14 bits per heavy atom. The van der Waals surface area contributed by atoms with Gasteiger partial charge in [0.15, 0.2) is 0 Å². The molecule has 0 saturated carbocycles. The number of thioether (sulfide) groups is 1. The van der Waals surface area contributed by atoms with Crippen LogP contribution in [0.2, 0.25) is 0 Å². The second kappa shape index (κ2) is 8.89. The van der Waals surface area contributed by atoms with E-state index in [1.54, 1.807) is 18.9 Å². The number of carbonyl (C=O) groups excluding carboxylic acids is 1. The van der Waals surface area contributed by atoms with Crippen LogP contribution in [0.3, 0.4) is 0 Å². The fraction of sp³-hybridized carbons (Fsp3) is 0.500. The van der Waals surface area contributed by atoms with E-state index in [4.69, 9.17) is 4.74 Å². The highest BCUT2D eigenvalue weighted by Gasteiger charge is 2.20. The minimum atomic E-state index is -0.0791. The standard InChI is InChI=1S/C18H27NO2S/c1-7-19(11-13(2)3)18(20)15(5)22-12-16-10-14(4)8-9-17(16)21-6/h8-10,15H,2,7,11-12H2,1,3-6H3. The van der Waals surface area contributed by atoms with Crippen LogP contribution in [0.1, 0.15) is 31.9 Å². The monoisotopic (exact) mass is 321 g/mol. The predicted molar refractivity (Wildman–Crippen MR) is 95.6 cm³/mol. The van der Waals surface area contributed by atoms with Gasteiger partial charge in [0.2, 0.25) is 5.91 Å². The van der Waals surface area contributed by atoms with Crippen LogP contribution >= 0.6 is 11.8 Å². The number of benzene rings is 1. The van der Waals surface area contributed by atoms with Gasteiger partial charge in [0.1, 0.15) is 5.75 Å². The molecule has 0 aliphatic carbocycles. The van der Waals surface area contributed by atoms with Crippen molar-refractivity contribution in [1.82, 2.24) is 4.90 Å². The predicted octanol–water partition coefficient (Wildman–Crippen LogP) is 4.05. The Hall–Kier alpha value is -1.42.